The third kappa shape index (κ3) is 4.78. The minimum Gasteiger partial charge on any atom is -0.356 e. The van der Waals surface area contributed by atoms with E-state index in [4.69, 9.17) is 4.98 Å². The predicted molar refractivity (Wildman–Crippen MR) is 104 cm³/mol. The summed E-state index contributed by atoms with van der Waals surface area (Å²) in [4.78, 5) is 17.2. The summed E-state index contributed by atoms with van der Waals surface area (Å²) in [7, 11) is 3.91. The Morgan fingerprint density at radius 1 is 1.32 bits per heavy atom. The third-order valence-electron chi connectivity index (χ3n) is 4.51. The summed E-state index contributed by atoms with van der Waals surface area (Å²) < 4.78 is 0. The molecule has 1 aliphatic rings. The maximum atomic E-state index is 4.83. The number of pyridine rings is 1. The maximum Gasteiger partial charge on any atom is 0.193 e. The Hall–Kier alpha value is -1.95. The van der Waals surface area contributed by atoms with E-state index < -0.39 is 0 Å². The van der Waals surface area contributed by atoms with Crippen LogP contribution >= 0.6 is 11.3 Å². The van der Waals surface area contributed by atoms with Gasteiger partial charge in [-0.2, -0.15) is 0 Å². The molecule has 0 aliphatic heterocycles. The van der Waals surface area contributed by atoms with Crippen LogP contribution in [0.4, 0.5) is 0 Å². The standard InChI is InChI=1S/C19H27N5S/c1-14-8-9-15(12-22-14)10-11-21-19(20-2)24(3)13-18-23-16-6-4-5-7-17(16)25-18/h8-9,12H,4-7,10-11,13H2,1-3H3,(H,20,21). The van der Waals surface area contributed by atoms with Crippen LogP contribution < -0.4 is 5.32 Å². The largest absolute Gasteiger partial charge is 0.356 e. The molecular formula is C19H27N5S. The van der Waals surface area contributed by atoms with Crippen molar-refractivity contribution in [2.24, 2.45) is 4.99 Å². The van der Waals surface area contributed by atoms with Crippen molar-refractivity contribution in [2.75, 3.05) is 20.6 Å². The Morgan fingerprint density at radius 3 is 2.88 bits per heavy atom. The molecule has 6 heteroatoms. The van der Waals surface area contributed by atoms with Gasteiger partial charge in [0.15, 0.2) is 5.96 Å². The lowest BCUT2D eigenvalue weighted by Gasteiger charge is -2.21. The summed E-state index contributed by atoms with van der Waals surface area (Å²) in [6.45, 7) is 3.66. The van der Waals surface area contributed by atoms with Crippen LogP contribution in [0.25, 0.3) is 0 Å². The van der Waals surface area contributed by atoms with Crippen molar-refractivity contribution in [3.63, 3.8) is 0 Å². The average Bonchev–Trinajstić information content (AvgIpc) is 3.02. The highest BCUT2D eigenvalue weighted by molar-refractivity contribution is 7.11. The molecule has 0 fully saturated rings. The lowest BCUT2D eigenvalue weighted by Crippen LogP contribution is -2.39. The van der Waals surface area contributed by atoms with E-state index >= 15 is 0 Å². The van der Waals surface area contributed by atoms with Gasteiger partial charge in [-0.1, -0.05) is 6.07 Å². The van der Waals surface area contributed by atoms with Crippen LogP contribution in [0.1, 0.15) is 39.7 Å². The molecule has 134 valence electrons. The molecule has 0 spiro atoms. The van der Waals surface area contributed by atoms with E-state index in [1.165, 1.54) is 40.4 Å². The summed E-state index contributed by atoms with van der Waals surface area (Å²) >= 11 is 1.87. The Kier molecular flexibility index (Phi) is 6.02. The van der Waals surface area contributed by atoms with Gasteiger partial charge in [-0.3, -0.25) is 9.98 Å². The van der Waals surface area contributed by atoms with E-state index in [2.05, 4.69) is 39.4 Å². The lowest BCUT2D eigenvalue weighted by molar-refractivity contribution is 0.475. The van der Waals surface area contributed by atoms with Gasteiger partial charge < -0.3 is 10.2 Å². The molecular weight excluding hydrogens is 330 g/mol. The summed E-state index contributed by atoms with van der Waals surface area (Å²) in [5, 5.41) is 4.63. The number of hydrogen-bond donors (Lipinski definition) is 1. The summed E-state index contributed by atoms with van der Waals surface area (Å²) in [6.07, 6.45) is 7.82. The number of aromatic nitrogens is 2. The Balaban J connectivity index is 1.51. The second-order valence-electron chi connectivity index (χ2n) is 6.57. The van der Waals surface area contributed by atoms with E-state index in [-0.39, 0.29) is 0 Å². The Morgan fingerprint density at radius 2 is 2.16 bits per heavy atom. The highest BCUT2D eigenvalue weighted by Gasteiger charge is 2.16. The smallest absolute Gasteiger partial charge is 0.193 e. The van der Waals surface area contributed by atoms with E-state index in [9.17, 15) is 0 Å². The molecule has 0 radical (unpaired) electrons. The number of aliphatic imine (C=N–C) groups is 1. The van der Waals surface area contributed by atoms with Crippen LogP contribution in [0.15, 0.2) is 23.3 Å². The summed E-state index contributed by atoms with van der Waals surface area (Å²) in [6, 6.07) is 4.19. The normalized spacial score (nSPS) is 14.3. The van der Waals surface area contributed by atoms with Gasteiger partial charge in [0.05, 0.1) is 12.2 Å². The molecule has 0 amide bonds. The highest BCUT2D eigenvalue weighted by Crippen LogP contribution is 2.27. The molecule has 1 N–H and O–H groups in total. The first-order valence-corrected chi connectivity index (χ1v) is 9.78. The van der Waals surface area contributed by atoms with Crippen LogP contribution in [0.3, 0.4) is 0 Å². The monoisotopic (exact) mass is 357 g/mol. The first-order valence-electron chi connectivity index (χ1n) is 8.96. The van der Waals surface area contributed by atoms with Gasteiger partial charge in [0.2, 0.25) is 0 Å². The molecule has 0 saturated heterocycles. The van der Waals surface area contributed by atoms with Gasteiger partial charge in [0.1, 0.15) is 5.01 Å². The van der Waals surface area contributed by atoms with Crippen LogP contribution in [0, 0.1) is 6.92 Å². The second kappa shape index (κ2) is 8.43. The molecule has 3 rings (SSSR count). The van der Waals surface area contributed by atoms with Gasteiger partial charge in [-0.05, 0) is 50.7 Å². The quantitative estimate of drug-likeness (QED) is 0.660. The number of fused-ring (bicyclic) bond motifs is 1. The van der Waals surface area contributed by atoms with Crippen LogP contribution in [-0.2, 0) is 25.8 Å². The molecule has 5 nitrogen and oxygen atoms in total. The topological polar surface area (TPSA) is 53.4 Å². The molecule has 25 heavy (non-hydrogen) atoms. The van der Waals surface area contributed by atoms with E-state index in [0.29, 0.717) is 0 Å². The fourth-order valence-corrected chi connectivity index (χ4v) is 4.31. The molecule has 0 aromatic carbocycles. The number of rotatable bonds is 5. The molecule has 2 aromatic rings. The molecule has 1 aliphatic carbocycles. The van der Waals surface area contributed by atoms with Crippen LogP contribution in [0.5, 0.6) is 0 Å². The first-order chi connectivity index (χ1) is 12.2. The van der Waals surface area contributed by atoms with E-state index in [1.807, 2.05) is 31.5 Å². The van der Waals surface area contributed by atoms with Crippen molar-refractivity contribution in [3.8, 4) is 0 Å². The van der Waals surface area contributed by atoms with Crippen molar-refractivity contribution >= 4 is 17.3 Å². The van der Waals surface area contributed by atoms with Gasteiger partial charge in [0, 0.05) is 37.4 Å². The number of hydrogen-bond acceptors (Lipinski definition) is 4. The zero-order valence-electron chi connectivity index (χ0n) is 15.4. The van der Waals surface area contributed by atoms with Crippen molar-refractivity contribution in [1.29, 1.82) is 0 Å². The van der Waals surface area contributed by atoms with Gasteiger partial charge in [0.25, 0.3) is 0 Å². The molecule has 2 heterocycles. The third-order valence-corrected chi connectivity index (χ3v) is 5.65. The highest BCUT2D eigenvalue weighted by atomic mass is 32.1. The minimum absolute atomic E-state index is 0.809. The van der Waals surface area contributed by atoms with Gasteiger partial charge in [-0.25, -0.2) is 4.98 Å². The number of guanidine groups is 1. The Labute approximate surface area is 154 Å². The fraction of sp³-hybridized carbons (Fsp3) is 0.526. The molecule has 0 unspecified atom stereocenters. The van der Waals surface area contributed by atoms with E-state index in [1.54, 1.807) is 0 Å². The van der Waals surface area contributed by atoms with E-state index in [0.717, 1.165) is 37.6 Å². The van der Waals surface area contributed by atoms with Crippen molar-refractivity contribution in [2.45, 2.75) is 45.6 Å². The number of aryl methyl sites for hydroxylation is 3. The second-order valence-corrected chi connectivity index (χ2v) is 7.74. The van der Waals surface area contributed by atoms with Crippen molar-refractivity contribution in [3.05, 3.63) is 45.2 Å². The number of nitrogens with zero attached hydrogens (tertiary/aromatic N) is 4. The first kappa shape index (κ1) is 17.9. The molecule has 0 bridgehead atoms. The maximum absolute atomic E-state index is 4.83. The number of nitrogens with one attached hydrogen (secondary N) is 1. The van der Waals surface area contributed by atoms with Gasteiger partial charge >= 0.3 is 0 Å². The zero-order valence-corrected chi connectivity index (χ0v) is 16.2. The van der Waals surface area contributed by atoms with Gasteiger partial charge in [-0.15, -0.1) is 11.3 Å². The SMILES string of the molecule is CN=C(NCCc1ccc(C)nc1)N(C)Cc1nc2c(s1)CCCC2. The van der Waals surface area contributed by atoms with Crippen molar-refractivity contribution in [1.82, 2.24) is 20.2 Å². The van der Waals surface area contributed by atoms with Crippen LogP contribution in [-0.4, -0.2) is 41.5 Å². The van der Waals surface area contributed by atoms with Crippen LogP contribution in [0.2, 0.25) is 0 Å². The Bertz CT molecular complexity index is 696. The fourth-order valence-electron chi connectivity index (χ4n) is 3.10. The minimum atomic E-state index is 0.809. The molecule has 2 aromatic heterocycles. The lowest BCUT2D eigenvalue weighted by atomic mass is 10.0. The molecule has 0 saturated carbocycles. The average molecular weight is 358 g/mol. The summed E-state index contributed by atoms with van der Waals surface area (Å²) in [5.41, 5.74) is 3.62. The number of thiazole rings is 1. The predicted octanol–water partition coefficient (Wildman–Crippen LogP) is 2.98. The zero-order chi connectivity index (χ0) is 17.6. The molecule has 0 atom stereocenters. The summed E-state index contributed by atoms with van der Waals surface area (Å²) in [5.74, 6) is 0.910. The van der Waals surface area contributed by atoms with Crippen molar-refractivity contribution < 1.29 is 0 Å².